The van der Waals surface area contributed by atoms with E-state index in [0.717, 1.165) is 8.95 Å². The molecule has 0 aliphatic carbocycles. The lowest BCUT2D eigenvalue weighted by molar-refractivity contribution is -0.124. The highest BCUT2D eigenvalue weighted by atomic mass is 79.9. The van der Waals surface area contributed by atoms with Crippen molar-refractivity contribution < 1.29 is 17.9 Å². The number of hydrogen-bond acceptors (Lipinski definition) is 5. The highest BCUT2D eigenvalue weighted by Crippen LogP contribution is 2.34. The van der Waals surface area contributed by atoms with E-state index in [-0.39, 0.29) is 11.4 Å². The molecular formula is C19H18Br2ClN3O4S. The van der Waals surface area contributed by atoms with Gasteiger partial charge in [-0.15, -0.1) is 0 Å². The smallest absolute Gasteiger partial charge is 0.258 e. The van der Waals surface area contributed by atoms with Gasteiger partial charge < -0.3 is 4.74 Å². The molecule has 1 N–H and O–H groups in total. The fourth-order valence-corrected chi connectivity index (χ4v) is 6.45. The Morgan fingerprint density at radius 3 is 2.50 bits per heavy atom. The summed E-state index contributed by atoms with van der Waals surface area (Å²) in [4.78, 5) is 12.7. The van der Waals surface area contributed by atoms with Crippen LogP contribution in [-0.2, 0) is 14.8 Å². The van der Waals surface area contributed by atoms with Gasteiger partial charge in [0.2, 0.25) is 10.0 Å². The molecule has 0 radical (unpaired) electrons. The van der Waals surface area contributed by atoms with Gasteiger partial charge in [0.25, 0.3) is 5.91 Å². The Bertz CT molecular complexity index is 1050. The molecule has 11 heteroatoms. The van der Waals surface area contributed by atoms with Crippen LogP contribution in [0.15, 0.2) is 55.3 Å². The topological polar surface area (TPSA) is 88.1 Å². The fraction of sp³-hybridized carbons (Fsp3) is 0.263. The Kier molecular flexibility index (Phi) is 7.56. The number of sulfonamides is 1. The molecule has 0 spiro atoms. The molecule has 0 aromatic heterocycles. The molecule has 0 unspecified atom stereocenters. The highest BCUT2D eigenvalue weighted by Gasteiger charge is 2.39. The summed E-state index contributed by atoms with van der Waals surface area (Å²) in [6.07, 6.45) is 2.49. The Morgan fingerprint density at radius 1 is 1.27 bits per heavy atom. The van der Waals surface area contributed by atoms with Crippen molar-refractivity contribution >= 4 is 65.6 Å². The number of nitrogens with zero attached hydrogens (tertiary/aromatic N) is 2. The highest BCUT2D eigenvalue weighted by molar-refractivity contribution is 9.11. The maximum absolute atomic E-state index is 12.9. The second kappa shape index (κ2) is 9.78. The van der Waals surface area contributed by atoms with Crippen molar-refractivity contribution in [2.24, 2.45) is 5.10 Å². The van der Waals surface area contributed by atoms with E-state index in [9.17, 15) is 13.2 Å². The van der Waals surface area contributed by atoms with Crippen molar-refractivity contribution in [1.82, 2.24) is 9.73 Å². The Morgan fingerprint density at radius 2 is 1.90 bits per heavy atom. The molecule has 1 aliphatic rings. The van der Waals surface area contributed by atoms with Crippen LogP contribution < -0.4 is 10.2 Å². The van der Waals surface area contributed by atoms with Crippen LogP contribution in [0.4, 0.5) is 0 Å². The number of hydrazone groups is 1. The summed E-state index contributed by atoms with van der Waals surface area (Å²) < 4.78 is 33.8. The quantitative estimate of drug-likeness (QED) is 0.411. The molecule has 160 valence electrons. The normalized spacial score (nSPS) is 17.4. The van der Waals surface area contributed by atoms with Crippen LogP contribution in [0.1, 0.15) is 18.4 Å². The summed E-state index contributed by atoms with van der Waals surface area (Å²) in [6, 6.07) is 8.63. The second-order valence-corrected chi connectivity index (χ2v) is 10.5. The molecule has 2 aromatic rings. The van der Waals surface area contributed by atoms with E-state index in [1.54, 1.807) is 19.2 Å². The molecule has 3 rings (SSSR count). The van der Waals surface area contributed by atoms with E-state index in [0.29, 0.717) is 29.2 Å². The molecule has 1 amide bonds. The maximum Gasteiger partial charge on any atom is 0.258 e. The fourth-order valence-electron chi connectivity index (χ4n) is 3.13. The lowest BCUT2D eigenvalue weighted by Gasteiger charge is -2.22. The number of carbonyl (C=O) groups is 1. The predicted octanol–water partition coefficient (Wildman–Crippen LogP) is 4.18. The van der Waals surface area contributed by atoms with Crippen LogP contribution >= 0.6 is 43.5 Å². The van der Waals surface area contributed by atoms with Crippen molar-refractivity contribution in [3.63, 3.8) is 0 Å². The van der Waals surface area contributed by atoms with Gasteiger partial charge in [0.15, 0.2) is 0 Å². The molecule has 1 heterocycles. The minimum Gasteiger partial charge on any atom is -0.494 e. The Hall–Kier alpha value is -1.46. The molecular weight excluding hydrogens is 562 g/mol. The summed E-state index contributed by atoms with van der Waals surface area (Å²) in [5.41, 5.74) is 3.16. The van der Waals surface area contributed by atoms with Crippen LogP contribution in [-0.4, -0.2) is 44.5 Å². The Balaban J connectivity index is 1.72. The van der Waals surface area contributed by atoms with E-state index >= 15 is 0 Å². The van der Waals surface area contributed by atoms with Crippen molar-refractivity contribution in [2.45, 2.75) is 23.8 Å². The summed E-state index contributed by atoms with van der Waals surface area (Å²) in [7, 11) is -2.25. The average molecular weight is 580 g/mol. The third kappa shape index (κ3) is 5.05. The zero-order valence-corrected chi connectivity index (χ0v) is 20.6. The third-order valence-corrected chi connectivity index (χ3v) is 7.89. The van der Waals surface area contributed by atoms with Gasteiger partial charge in [-0.05, 0) is 86.7 Å². The first-order valence-electron chi connectivity index (χ1n) is 8.87. The molecule has 0 saturated carbocycles. The number of methoxy groups -OCH3 is 1. The Labute approximate surface area is 196 Å². The maximum atomic E-state index is 12.9. The zero-order chi connectivity index (χ0) is 21.9. The van der Waals surface area contributed by atoms with E-state index in [4.69, 9.17) is 16.3 Å². The van der Waals surface area contributed by atoms with Crippen LogP contribution in [0, 0.1) is 0 Å². The SMILES string of the molecule is COc1c(Br)cc(/C=N\NC(=O)[C@@H]2CCCN2S(=O)(=O)c2ccc(Cl)cc2)cc1Br. The van der Waals surface area contributed by atoms with Gasteiger partial charge in [-0.25, -0.2) is 13.8 Å². The van der Waals surface area contributed by atoms with Crippen LogP contribution in [0.2, 0.25) is 5.02 Å². The predicted molar refractivity (Wildman–Crippen MR) is 122 cm³/mol. The van der Waals surface area contributed by atoms with Gasteiger partial charge in [-0.3, -0.25) is 4.79 Å². The second-order valence-electron chi connectivity index (χ2n) is 6.48. The van der Waals surface area contributed by atoms with Gasteiger partial charge in [0.1, 0.15) is 11.8 Å². The molecule has 1 saturated heterocycles. The number of halogens is 3. The van der Waals surface area contributed by atoms with E-state index in [2.05, 4.69) is 42.4 Å². The van der Waals surface area contributed by atoms with Gasteiger partial charge in [0.05, 0.1) is 27.2 Å². The lowest BCUT2D eigenvalue weighted by atomic mass is 10.2. The number of ether oxygens (including phenoxy) is 1. The number of amides is 1. The van der Waals surface area contributed by atoms with E-state index in [1.165, 1.54) is 34.8 Å². The minimum absolute atomic E-state index is 0.100. The largest absolute Gasteiger partial charge is 0.494 e. The van der Waals surface area contributed by atoms with Crippen LogP contribution in [0.25, 0.3) is 0 Å². The first kappa shape index (κ1) is 23.2. The molecule has 0 bridgehead atoms. The number of benzene rings is 2. The van der Waals surface area contributed by atoms with Crippen LogP contribution in [0.5, 0.6) is 5.75 Å². The summed E-state index contributed by atoms with van der Waals surface area (Å²) in [5, 5.41) is 4.42. The van der Waals surface area contributed by atoms with Crippen molar-refractivity contribution in [2.75, 3.05) is 13.7 Å². The summed E-state index contributed by atoms with van der Waals surface area (Å²) in [6.45, 7) is 0.269. The monoisotopic (exact) mass is 577 g/mol. The minimum atomic E-state index is -3.81. The third-order valence-electron chi connectivity index (χ3n) is 4.54. The van der Waals surface area contributed by atoms with Crippen molar-refractivity contribution in [3.8, 4) is 5.75 Å². The van der Waals surface area contributed by atoms with E-state index in [1.807, 2.05) is 0 Å². The van der Waals surface area contributed by atoms with Crippen molar-refractivity contribution in [3.05, 3.63) is 55.9 Å². The van der Waals surface area contributed by atoms with Gasteiger partial charge in [0, 0.05) is 11.6 Å². The standard InChI is InChI=1S/C19H18Br2ClN3O4S/c1-29-18-15(20)9-12(10-16(18)21)11-23-24-19(26)17-3-2-8-25(17)30(27,28)14-6-4-13(22)5-7-14/h4-7,9-11,17H,2-3,8H2,1H3,(H,24,26)/b23-11-/t17-/m0/s1. The molecule has 1 fully saturated rings. The molecule has 7 nitrogen and oxygen atoms in total. The number of hydrogen-bond donors (Lipinski definition) is 1. The molecule has 1 atom stereocenters. The first-order valence-corrected chi connectivity index (χ1v) is 12.3. The molecule has 30 heavy (non-hydrogen) atoms. The average Bonchev–Trinajstić information content (AvgIpc) is 3.19. The zero-order valence-electron chi connectivity index (χ0n) is 15.8. The number of rotatable bonds is 6. The lowest BCUT2D eigenvalue weighted by Crippen LogP contribution is -2.44. The van der Waals surface area contributed by atoms with Gasteiger partial charge in [-0.2, -0.15) is 9.41 Å². The number of carbonyl (C=O) groups excluding carboxylic acids is 1. The van der Waals surface area contributed by atoms with E-state index < -0.39 is 22.0 Å². The summed E-state index contributed by atoms with van der Waals surface area (Å²) in [5.74, 6) is 0.165. The molecule has 1 aliphatic heterocycles. The van der Waals surface area contributed by atoms with Crippen LogP contribution in [0.3, 0.4) is 0 Å². The first-order chi connectivity index (χ1) is 14.2. The summed E-state index contributed by atoms with van der Waals surface area (Å²) >= 11 is 12.7. The van der Waals surface area contributed by atoms with Gasteiger partial charge in [-0.1, -0.05) is 11.6 Å². The van der Waals surface area contributed by atoms with Gasteiger partial charge >= 0.3 is 0 Å². The molecule has 2 aromatic carbocycles. The number of nitrogens with one attached hydrogen (secondary N) is 1. The van der Waals surface area contributed by atoms with Crippen molar-refractivity contribution in [1.29, 1.82) is 0 Å².